The van der Waals surface area contributed by atoms with E-state index in [2.05, 4.69) is 13.8 Å². The zero-order chi connectivity index (χ0) is 15.8. The summed E-state index contributed by atoms with van der Waals surface area (Å²) in [6.45, 7) is 6.83. The number of nitrogens with zero attached hydrogens (tertiary/aromatic N) is 1. The van der Waals surface area contributed by atoms with Gasteiger partial charge in [-0.3, -0.25) is 4.79 Å². The van der Waals surface area contributed by atoms with Crippen LogP contribution in [0.3, 0.4) is 0 Å². The molecule has 1 unspecified atom stereocenters. The van der Waals surface area contributed by atoms with Gasteiger partial charge in [-0.05, 0) is 37.5 Å². The first kappa shape index (κ1) is 17.3. The molecule has 0 spiro atoms. The first-order valence-corrected chi connectivity index (χ1v) is 7.57. The van der Waals surface area contributed by atoms with Gasteiger partial charge in [0.05, 0.1) is 14.2 Å². The van der Waals surface area contributed by atoms with Crippen LogP contribution in [0.4, 0.5) is 0 Å². The van der Waals surface area contributed by atoms with Crippen LogP contribution in [-0.4, -0.2) is 31.1 Å². The molecule has 0 aliphatic heterocycles. The SMILES string of the molecule is CCCC(=O)N(Cc1ccc(OC)c(OC)c1)C(C)CC. The van der Waals surface area contributed by atoms with Gasteiger partial charge in [-0.25, -0.2) is 0 Å². The number of rotatable bonds is 8. The second-order valence-electron chi connectivity index (χ2n) is 5.22. The minimum atomic E-state index is 0.210. The standard InChI is InChI=1S/C17H27NO3/c1-6-8-17(19)18(13(3)7-2)12-14-9-10-15(20-4)16(11-14)21-5/h9-11,13H,6-8,12H2,1-5H3. The van der Waals surface area contributed by atoms with Gasteiger partial charge in [-0.15, -0.1) is 0 Å². The lowest BCUT2D eigenvalue weighted by Gasteiger charge is -2.29. The van der Waals surface area contributed by atoms with Crippen molar-refractivity contribution in [3.8, 4) is 11.5 Å². The fraction of sp³-hybridized carbons (Fsp3) is 0.588. The Morgan fingerprint density at radius 2 is 1.86 bits per heavy atom. The Morgan fingerprint density at radius 3 is 2.38 bits per heavy atom. The normalized spacial score (nSPS) is 11.9. The van der Waals surface area contributed by atoms with Crippen molar-refractivity contribution in [2.45, 2.75) is 52.6 Å². The number of carbonyl (C=O) groups is 1. The van der Waals surface area contributed by atoms with E-state index in [0.29, 0.717) is 24.5 Å². The molecule has 0 fully saturated rings. The van der Waals surface area contributed by atoms with Gasteiger partial charge in [0.15, 0.2) is 11.5 Å². The molecule has 0 aliphatic rings. The molecule has 1 rings (SSSR count). The maximum Gasteiger partial charge on any atom is 0.223 e. The molecule has 1 aromatic carbocycles. The fourth-order valence-electron chi connectivity index (χ4n) is 2.24. The topological polar surface area (TPSA) is 38.8 Å². The number of hydrogen-bond donors (Lipinski definition) is 0. The highest BCUT2D eigenvalue weighted by molar-refractivity contribution is 5.76. The molecule has 1 atom stereocenters. The summed E-state index contributed by atoms with van der Waals surface area (Å²) >= 11 is 0. The molecule has 0 aliphatic carbocycles. The fourth-order valence-corrected chi connectivity index (χ4v) is 2.24. The van der Waals surface area contributed by atoms with Gasteiger partial charge in [-0.1, -0.05) is 19.9 Å². The average Bonchev–Trinajstić information content (AvgIpc) is 2.51. The molecule has 0 N–H and O–H groups in total. The summed E-state index contributed by atoms with van der Waals surface area (Å²) in [5.74, 6) is 1.61. The summed E-state index contributed by atoms with van der Waals surface area (Å²) in [6.07, 6.45) is 2.41. The van der Waals surface area contributed by atoms with Crippen LogP contribution in [0.25, 0.3) is 0 Å². The quantitative estimate of drug-likeness (QED) is 0.734. The lowest BCUT2D eigenvalue weighted by molar-refractivity contribution is -0.134. The van der Waals surface area contributed by atoms with Crippen molar-refractivity contribution in [2.24, 2.45) is 0 Å². The molecule has 0 saturated carbocycles. The van der Waals surface area contributed by atoms with Crippen molar-refractivity contribution in [3.63, 3.8) is 0 Å². The Labute approximate surface area is 128 Å². The van der Waals surface area contributed by atoms with Crippen molar-refractivity contribution < 1.29 is 14.3 Å². The van der Waals surface area contributed by atoms with Crippen molar-refractivity contribution in [1.29, 1.82) is 0 Å². The summed E-state index contributed by atoms with van der Waals surface area (Å²) in [5.41, 5.74) is 1.05. The highest BCUT2D eigenvalue weighted by atomic mass is 16.5. The number of hydrogen-bond acceptors (Lipinski definition) is 3. The van der Waals surface area contributed by atoms with Crippen LogP contribution in [0.2, 0.25) is 0 Å². The Kier molecular flexibility index (Phi) is 7.06. The lowest BCUT2D eigenvalue weighted by atomic mass is 10.1. The largest absolute Gasteiger partial charge is 0.493 e. The molecule has 0 saturated heterocycles. The predicted octanol–water partition coefficient (Wildman–Crippen LogP) is 3.63. The summed E-state index contributed by atoms with van der Waals surface area (Å²) in [5, 5.41) is 0. The first-order chi connectivity index (χ1) is 10.1. The second kappa shape index (κ2) is 8.55. The average molecular weight is 293 g/mol. The zero-order valence-electron chi connectivity index (χ0n) is 13.8. The Hall–Kier alpha value is -1.71. The van der Waals surface area contributed by atoms with Gasteiger partial charge < -0.3 is 14.4 Å². The number of amides is 1. The van der Waals surface area contributed by atoms with Crippen molar-refractivity contribution in [3.05, 3.63) is 23.8 Å². The molecule has 1 aromatic rings. The highest BCUT2D eigenvalue weighted by Gasteiger charge is 2.19. The number of methoxy groups -OCH3 is 2. The van der Waals surface area contributed by atoms with Crippen LogP contribution in [0.1, 0.15) is 45.6 Å². The predicted molar refractivity (Wildman–Crippen MR) is 84.8 cm³/mol. The van der Waals surface area contributed by atoms with Gasteiger partial charge in [0.1, 0.15) is 0 Å². The number of benzene rings is 1. The molecule has 0 aromatic heterocycles. The van der Waals surface area contributed by atoms with Crippen LogP contribution in [0.5, 0.6) is 11.5 Å². The summed E-state index contributed by atoms with van der Waals surface area (Å²) < 4.78 is 10.6. The molecule has 0 bridgehead atoms. The molecule has 4 nitrogen and oxygen atoms in total. The van der Waals surface area contributed by atoms with Crippen LogP contribution in [0.15, 0.2) is 18.2 Å². The molecule has 1 amide bonds. The molecular formula is C17H27NO3. The van der Waals surface area contributed by atoms with Gasteiger partial charge in [0.25, 0.3) is 0 Å². The Morgan fingerprint density at radius 1 is 1.19 bits per heavy atom. The highest BCUT2D eigenvalue weighted by Crippen LogP contribution is 2.28. The minimum Gasteiger partial charge on any atom is -0.493 e. The summed E-state index contributed by atoms with van der Waals surface area (Å²) in [6, 6.07) is 6.04. The van der Waals surface area contributed by atoms with E-state index in [1.807, 2.05) is 30.0 Å². The van der Waals surface area contributed by atoms with Crippen molar-refractivity contribution >= 4 is 5.91 Å². The maximum absolute atomic E-state index is 12.3. The van der Waals surface area contributed by atoms with Gasteiger partial charge >= 0.3 is 0 Å². The van der Waals surface area contributed by atoms with E-state index in [-0.39, 0.29) is 11.9 Å². The van der Waals surface area contributed by atoms with Crippen molar-refractivity contribution in [2.75, 3.05) is 14.2 Å². The number of carbonyl (C=O) groups excluding carboxylic acids is 1. The molecular weight excluding hydrogens is 266 g/mol. The summed E-state index contributed by atoms with van der Waals surface area (Å²) in [4.78, 5) is 14.2. The molecule has 0 radical (unpaired) electrons. The molecule has 21 heavy (non-hydrogen) atoms. The zero-order valence-corrected chi connectivity index (χ0v) is 13.8. The van der Waals surface area contributed by atoms with Crippen LogP contribution >= 0.6 is 0 Å². The van der Waals surface area contributed by atoms with Gasteiger partial charge in [-0.2, -0.15) is 0 Å². The van der Waals surface area contributed by atoms with Gasteiger partial charge in [0.2, 0.25) is 5.91 Å². The lowest BCUT2D eigenvalue weighted by Crippen LogP contribution is -2.37. The third kappa shape index (κ3) is 4.66. The summed E-state index contributed by atoms with van der Waals surface area (Å²) in [7, 11) is 3.24. The van der Waals surface area contributed by atoms with E-state index >= 15 is 0 Å². The minimum absolute atomic E-state index is 0.210. The third-order valence-corrected chi connectivity index (χ3v) is 3.71. The van der Waals surface area contributed by atoms with E-state index < -0.39 is 0 Å². The van der Waals surface area contributed by atoms with Crippen molar-refractivity contribution in [1.82, 2.24) is 4.90 Å². The van der Waals surface area contributed by atoms with E-state index in [4.69, 9.17) is 9.47 Å². The second-order valence-corrected chi connectivity index (χ2v) is 5.22. The first-order valence-electron chi connectivity index (χ1n) is 7.57. The number of ether oxygens (including phenoxy) is 2. The third-order valence-electron chi connectivity index (χ3n) is 3.71. The smallest absolute Gasteiger partial charge is 0.223 e. The van der Waals surface area contributed by atoms with E-state index in [9.17, 15) is 4.79 Å². The maximum atomic E-state index is 12.3. The van der Waals surface area contributed by atoms with Crippen LogP contribution < -0.4 is 9.47 Å². The monoisotopic (exact) mass is 293 g/mol. The van der Waals surface area contributed by atoms with Crippen LogP contribution in [-0.2, 0) is 11.3 Å². The molecule has 4 heteroatoms. The van der Waals surface area contributed by atoms with E-state index in [1.165, 1.54) is 0 Å². The van der Waals surface area contributed by atoms with E-state index in [0.717, 1.165) is 18.4 Å². The molecule has 0 heterocycles. The van der Waals surface area contributed by atoms with E-state index in [1.54, 1.807) is 14.2 Å². The Balaban J connectivity index is 2.95. The van der Waals surface area contributed by atoms with Gasteiger partial charge in [0, 0.05) is 19.0 Å². The van der Waals surface area contributed by atoms with Crippen LogP contribution in [0, 0.1) is 0 Å². The Bertz CT molecular complexity index is 459. The molecule has 118 valence electrons.